The molecule has 0 aliphatic carbocycles. The quantitative estimate of drug-likeness (QED) is 0.745. The molecule has 0 unspecified atom stereocenters. The first-order valence-corrected chi connectivity index (χ1v) is 4.71. The van der Waals surface area contributed by atoms with Gasteiger partial charge in [0.05, 0.1) is 12.9 Å². The average Bonchev–Trinajstić information content (AvgIpc) is 2.16. The van der Waals surface area contributed by atoms with Gasteiger partial charge in [-0.2, -0.15) is 0 Å². The summed E-state index contributed by atoms with van der Waals surface area (Å²) < 4.78 is 5.13. The van der Waals surface area contributed by atoms with Crippen LogP contribution in [0.15, 0.2) is 24.0 Å². The number of aliphatic hydroxyl groups excluding tert-OH is 1. The molecular weight excluding hydrogens is 176 g/mol. The summed E-state index contributed by atoms with van der Waals surface area (Å²) in [6, 6.07) is 5.88. The van der Waals surface area contributed by atoms with Gasteiger partial charge in [0.25, 0.3) is 0 Å². The minimum atomic E-state index is 0.313. The van der Waals surface area contributed by atoms with Crippen molar-refractivity contribution in [3.8, 4) is 5.75 Å². The van der Waals surface area contributed by atoms with Crippen LogP contribution in [0.4, 0.5) is 0 Å². The molecule has 0 aliphatic rings. The summed E-state index contributed by atoms with van der Waals surface area (Å²) in [7, 11) is 1.64. The van der Waals surface area contributed by atoms with Gasteiger partial charge in [0.2, 0.25) is 0 Å². The molecule has 1 rings (SSSR count). The molecule has 0 aliphatic heterocycles. The third-order valence-electron chi connectivity index (χ3n) is 2.10. The topological polar surface area (TPSA) is 29.5 Å². The van der Waals surface area contributed by atoms with Crippen LogP contribution >= 0.6 is 0 Å². The number of ether oxygens (including phenoxy) is 1. The zero-order chi connectivity index (χ0) is 10.6. The SMILES string of the molecule is CCc1ccc(OC)cc1/C=C(\C)O. The lowest BCUT2D eigenvalue weighted by Gasteiger charge is -2.06. The van der Waals surface area contributed by atoms with Crippen LogP contribution in [0.2, 0.25) is 0 Å². The highest BCUT2D eigenvalue weighted by molar-refractivity contribution is 5.57. The number of rotatable bonds is 3. The summed E-state index contributed by atoms with van der Waals surface area (Å²) in [5.41, 5.74) is 2.23. The molecule has 0 fully saturated rings. The van der Waals surface area contributed by atoms with Crippen molar-refractivity contribution in [1.29, 1.82) is 0 Å². The molecule has 1 N–H and O–H groups in total. The van der Waals surface area contributed by atoms with Gasteiger partial charge in [0, 0.05) is 0 Å². The Bertz CT molecular complexity index is 336. The molecule has 14 heavy (non-hydrogen) atoms. The molecule has 0 heterocycles. The van der Waals surface area contributed by atoms with Crippen molar-refractivity contribution in [1.82, 2.24) is 0 Å². The molecule has 0 atom stereocenters. The van der Waals surface area contributed by atoms with E-state index in [1.165, 1.54) is 5.56 Å². The van der Waals surface area contributed by atoms with Crippen molar-refractivity contribution < 1.29 is 9.84 Å². The maximum atomic E-state index is 9.21. The van der Waals surface area contributed by atoms with E-state index in [-0.39, 0.29) is 0 Å². The Hall–Kier alpha value is -1.44. The fourth-order valence-electron chi connectivity index (χ4n) is 1.38. The monoisotopic (exact) mass is 192 g/mol. The number of aryl methyl sites for hydroxylation is 1. The Morgan fingerprint density at radius 1 is 1.50 bits per heavy atom. The van der Waals surface area contributed by atoms with E-state index < -0.39 is 0 Å². The second-order valence-electron chi connectivity index (χ2n) is 3.20. The first-order chi connectivity index (χ1) is 6.67. The number of allylic oxidation sites excluding steroid dienone is 1. The minimum absolute atomic E-state index is 0.313. The molecular formula is C12H16O2. The molecule has 0 saturated heterocycles. The lowest BCUT2D eigenvalue weighted by molar-refractivity contribution is 0.414. The van der Waals surface area contributed by atoms with Crippen LogP contribution < -0.4 is 4.74 Å². The fraction of sp³-hybridized carbons (Fsp3) is 0.333. The molecule has 0 radical (unpaired) electrons. The second kappa shape index (κ2) is 4.70. The van der Waals surface area contributed by atoms with Gasteiger partial charge in [0.15, 0.2) is 0 Å². The van der Waals surface area contributed by atoms with Gasteiger partial charge in [-0.3, -0.25) is 0 Å². The van der Waals surface area contributed by atoms with Gasteiger partial charge in [0.1, 0.15) is 5.75 Å². The van der Waals surface area contributed by atoms with Crippen molar-refractivity contribution in [2.24, 2.45) is 0 Å². The smallest absolute Gasteiger partial charge is 0.119 e. The van der Waals surface area contributed by atoms with Gasteiger partial charge in [-0.25, -0.2) is 0 Å². The standard InChI is InChI=1S/C12H16O2/c1-4-10-5-6-12(14-3)8-11(10)7-9(2)13/h5-8,13H,4H2,1-3H3/b9-7+. The molecule has 0 saturated carbocycles. The van der Waals surface area contributed by atoms with Gasteiger partial charge >= 0.3 is 0 Å². The van der Waals surface area contributed by atoms with Gasteiger partial charge in [-0.05, 0) is 42.7 Å². The Morgan fingerprint density at radius 2 is 2.21 bits per heavy atom. The van der Waals surface area contributed by atoms with Crippen LogP contribution in [-0.2, 0) is 6.42 Å². The molecule has 2 heteroatoms. The maximum absolute atomic E-state index is 9.21. The van der Waals surface area contributed by atoms with Crippen molar-refractivity contribution in [3.05, 3.63) is 35.1 Å². The van der Waals surface area contributed by atoms with Crippen LogP contribution in [0.3, 0.4) is 0 Å². The van der Waals surface area contributed by atoms with Crippen molar-refractivity contribution >= 4 is 6.08 Å². The second-order valence-corrected chi connectivity index (χ2v) is 3.20. The van der Waals surface area contributed by atoms with E-state index in [9.17, 15) is 5.11 Å². The molecule has 1 aromatic rings. The minimum Gasteiger partial charge on any atom is -0.513 e. The third kappa shape index (κ3) is 2.52. The number of methoxy groups -OCH3 is 1. The molecule has 0 amide bonds. The largest absolute Gasteiger partial charge is 0.513 e. The zero-order valence-electron chi connectivity index (χ0n) is 8.87. The fourth-order valence-corrected chi connectivity index (χ4v) is 1.38. The van der Waals surface area contributed by atoms with E-state index >= 15 is 0 Å². The van der Waals surface area contributed by atoms with Gasteiger partial charge in [-0.15, -0.1) is 0 Å². The normalized spacial score (nSPS) is 11.5. The number of hydrogen-bond acceptors (Lipinski definition) is 2. The number of hydrogen-bond donors (Lipinski definition) is 1. The number of benzene rings is 1. The summed E-state index contributed by atoms with van der Waals surface area (Å²) in [4.78, 5) is 0. The van der Waals surface area contributed by atoms with Gasteiger partial charge < -0.3 is 9.84 Å². The predicted octanol–water partition coefficient (Wildman–Crippen LogP) is 3.18. The predicted molar refractivity (Wildman–Crippen MR) is 58.7 cm³/mol. The highest BCUT2D eigenvalue weighted by Gasteiger charge is 2.00. The van der Waals surface area contributed by atoms with Crippen LogP contribution in [-0.4, -0.2) is 12.2 Å². The Balaban J connectivity index is 3.15. The van der Waals surface area contributed by atoms with E-state index in [0.717, 1.165) is 17.7 Å². The molecule has 0 bridgehead atoms. The van der Waals surface area contributed by atoms with Crippen LogP contribution in [0.25, 0.3) is 6.08 Å². The zero-order valence-corrected chi connectivity index (χ0v) is 8.87. The molecule has 1 aromatic carbocycles. The Kier molecular flexibility index (Phi) is 3.57. The Morgan fingerprint density at radius 3 is 2.71 bits per heavy atom. The first kappa shape index (κ1) is 10.6. The van der Waals surface area contributed by atoms with E-state index in [0.29, 0.717) is 5.76 Å². The highest BCUT2D eigenvalue weighted by Crippen LogP contribution is 2.20. The van der Waals surface area contributed by atoms with E-state index in [2.05, 4.69) is 6.92 Å². The molecule has 0 spiro atoms. The molecule has 76 valence electrons. The van der Waals surface area contributed by atoms with E-state index in [1.54, 1.807) is 20.1 Å². The van der Waals surface area contributed by atoms with Crippen LogP contribution in [0, 0.1) is 0 Å². The van der Waals surface area contributed by atoms with Crippen LogP contribution in [0.5, 0.6) is 5.75 Å². The third-order valence-corrected chi connectivity index (χ3v) is 2.10. The van der Waals surface area contributed by atoms with E-state index in [1.807, 2.05) is 18.2 Å². The van der Waals surface area contributed by atoms with Crippen molar-refractivity contribution in [2.45, 2.75) is 20.3 Å². The van der Waals surface area contributed by atoms with E-state index in [4.69, 9.17) is 4.74 Å². The molecule has 2 nitrogen and oxygen atoms in total. The van der Waals surface area contributed by atoms with Crippen LogP contribution in [0.1, 0.15) is 25.0 Å². The van der Waals surface area contributed by atoms with Gasteiger partial charge in [-0.1, -0.05) is 13.0 Å². The van der Waals surface area contributed by atoms with Crippen molar-refractivity contribution in [2.75, 3.05) is 7.11 Å². The number of aliphatic hydroxyl groups is 1. The summed E-state index contributed by atoms with van der Waals surface area (Å²) >= 11 is 0. The summed E-state index contributed by atoms with van der Waals surface area (Å²) in [6.07, 6.45) is 2.70. The summed E-state index contributed by atoms with van der Waals surface area (Å²) in [5.74, 6) is 1.13. The highest BCUT2D eigenvalue weighted by atomic mass is 16.5. The molecule has 0 aromatic heterocycles. The summed E-state index contributed by atoms with van der Waals surface area (Å²) in [6.45, 7) is 3.75. The lowest BCUT2D eigenvalue weighted by Crippen LogP contribution is -1.90. The average molecular weight is 192 g/mol. The first-order valence-electron chi connectivity index (χ1n) is 4.71. The maximum Gasteiger partial charge on any atom is 0.119 e. The Labute approximate surface area is 84.8 Å². The summed E-state index contributed by atoms with van der Waals surface area (Å²) in [5, 5.41) is 9.21. The van der Waals surface area contributed by atoms with Crippen molar-refractivity contribution in [3.63, 3.8) is 0 Å². The lowest BCUT2D eigenvalue weighted by atomic mass is 10.0.